The molecular weight excluding hydrogens is 285 g/mol. The van der Waals surface area contributed by atoms with Gasteiger partial charge in [0.1, 0.15) is 0 Å². The van der Waals surface area contributed by atoms with E-state index < -0.39 is 11.7 Å². The van der Waals surface area contributed by atoms with Gasteiger partial charge in [0.25, 0.3) is 0 Å². The molecule has 0 radical (unpaired) electrons. The zero-order valence-electron chi connectivity index (χ0n) is 11.5. The topological polar surface area (TPSA) is 0 Å². The van der Waals surface area contributed by atoms with Gasteiger partial charge in [-0.05, 0) is 63.4 Å². The third-order valence-corrected chi connectivity index (χ3v) is 3.95. The molecule has 0 bridgehead atoms. The van der Waals surface area contributed by atoms with Crippen LogP contribution in [0.5, 0.6) is 0 Å². The van der Waals surface area contributed by atoms with E-state index in [1.165, 1.54) is 34.0 Å². The fourth-order valence-electron chi connectivity index (χ4n) is 2.72. The molecule has 0 unspecified atom stereocenters. The zero-order valence-corrected chi connectivity index (χ0v) is 11.5. The van der Waals surface area contributed by atoms with Crippen molar-refractivity contribution in [2.24, 2.45) is 0 Å². The Morgan fingerprint density at radius 1 is 0.727 bits per heavy atom. The monoisotopic (exact) mass is 296 g/mol. The summed E-state index contributed by atoms with van der Waals surface area (Å²) in [6.07, 6.45) is -2.35. The quantitative estimate of drug-likeness (QED) is 0.419. The number of alkyl halides is 3. The summed E-state index contributed by atoms with van der Waals surface area (Å²) in [5.74, 6) is 0. The van der Waals surface area contributed by atoms with Crippen LogP contribution >= 0.6 is 0 Å². The lowest BCUT2D eigenvalue weighted by atomic mass is 10.1. The Bertz CT molecular complexity index is 856. The standard InChI is InChI=1S/C19H11F3/c20-19(21,22)15-7-5-12(6-8-15)9-16-17-10-13-3-1-2-4-14(13)11-18(16)17/h1-11H. The molecule has 1 aliphatic carbocycles. The van der Waals surface area contributed by atoms with Gasteiger partial charge in [0.15, 0.2) is 0 Å². The van der Waals surface area contributed by atoms with E-state index in [4.69, 9.17) is 0 Å². The number of benzene rings is 3. The second kappa shape index (κ2) is 4.47. The van der Waals surface area contributed by atoms with E-state index in [1.54, 1.807) is 0 Å². The Labute approximate surface area is 125 Å². The molecule has 108 valence electrons. The van der Waals surface area contributed by atoms with Crippen molar-refractivity contribution in [1.29, 1.82) is 0 Å². The molecule has 3 heteroatoms. The Morgan fingerprint density at radius 2 is 1.27 bits per heavy atom. The normalized spacial score (nSPS) is 13.1. The number of fused-ring (bicyclic) bond motifs is 2. The molecule has 3 aromatic carbocycles. The number of hydrogen-bond acceptors (Lipinski definition) is 0. The van der Waals surface area contributed by atoms with Crippen LogP contribution in [0.1, 0.15) is 22.3 Å². The van der Waals surface area contributed by atoms with Gasteiger partial charge in [0.05, 0.1) is 5.56 Å². The number of halogens is 3. The van der Waals surface area contributed by atoms with Gasteiger partial charge >= 0.3 is 6.18 Å². The third-order valence-electron chi connectivity index (χ3n) is 3.95. The summed E-state index contributed by atoms with van der Waals surface area (Å²) in [6.45, 7) is 0. The highest BCUT2D eigenvalue weighted by molar-refractivity contribution is 6.11. The largest absolute Gasteiger partial charge is 0.416 e. The maximum Gasteiger partial charge on any atom is 0.416 e. The summed E-state index contributed by atoms with van der Waals surface area (Å²) in [7, 11) is 0. The molecule has 0 amide bonds. The molecule has 0 aliphatic heterocycles. The first-order valence-corrected chi connectivity index (χ1v) is 6.95. The van der Waals surface area contributed by atoms with Gasteiger partial charge in [-0.2, -0.15) is 13.2 Å². The smallest absolute Gasteiger partial charge is 0.166 e. The molecule has 0 nitrogen and oxygen atoms in total. The van der Waals surface area contributed by atoms with Gasteiger partial charge in [0.2, 0.25) is 0 Å². The van der Waals surface area contributed by atoms with Gasteiger partial charge in [0, 0.05) is 0 Å². The molecule has 0 saturated heterocycles. The average Bonchev–Trinajstić information content (AvgIpc) is 3.16. The maximum atomic E-state index is 12.6. The minimum absolute atomic E-state index is 0.617. The number of rotatable bonds is 1. The summed E-state index contributed by atoms with van der Waals surface area (Å²) in [4.78, 5) is 0. The first-order chi connectivity index (χ1) is 10.5. The molecule has 22 heavy (non-hydrogen) atoms. The molecule has 1 aliphatic rings. The molecule has 0 aromatic heterocycles. The Hall–Kier alpha value is -2.55. The van der Waals surface area contributed by atoms with Gasteiger partial charge in [-0.3, -0.25) is 0 Å². The Balaban J connectivity index is 1.68. The molecule has 0 fully saturated rings. The average molecular weight is 296 g/mol. The lowest BCUT2D eigenvalue weighted by Gasteiger charge is -2.05. The minimum Gasteiger partial charge on any atom is -0.166 e. The highest BCUT2D eigenvalue weighted by Gasteiger charge is 2.30. The highest BCUT2D eigenvalue weighted by atomic mass is 19.4. The summed E-state index contributed by atoms with van der Waals surface area (Å²) in [6, 6.07) is 17.6. The highest BCUT2D eigenvalue weighted by Crippen LogP contribution is 2.45. The fraction of sp³-hybridized carbons (Fsp3) is 0.0526. The van der Waals surface area contributed by atoms with Crippen LogP contribution < -0.4 is 0 Å². The summed E-state index contributed by atoms with van der Waals surface area (Å²) >= 11 is 0. The molecule has 0 N–H and O–H groups in total. The minimum atomic E-state index is -4.29. The van der Waals surface area contributed by atoms with Crippen molar-refractivity contribution < 1.29 is 13.2 Å². The van der Waals surface area contributed by atoms with Crippen LogP contribution in [0.3, 0.4) is 0 Å². The number of hydrogen-bond donors (Lipinski definition) is 0. The van der Waals surface area contributed by atoms with Crippen LogP contribution in [0.15, 0.2) is 60.7 Å². The zero-order chi connectivity index (χ0) is 15.3. The first-order valence-electron chi connectivity index (χ1n) is 6.95. The molecule has 0 heterocycles. The van der Waals surface area contributed by atoms with Gasteiger partial charge < -0.3 is 0 Å². The summed E-state index contributed by atoms with van der Waals surface area (Å²) in [5, 5.41) is 2.36. The molecular formula is C19H11F3. The fourth-order valence-corrected chi connectivity index (χ4v) is 2.72. The van der Waals surface area contributed by atoms with E-state index in [9.17, 15) is 13.2 Å². The van der Waals surface area contributed by atoms with Crippen molar-refractivity contribution in [2.75, 3.05) is 0 Å². The maximum absolute atomic E-state index is 12.6. The first kappa shape index (κ1) is 13.1. The van der Waals surface area contributed by atoms with Crippen LogP contribution in [-0.4, -0.2) is 0 Å². The molecule has 0 atom stereocenters. The van der Waals surface area contributed by atoms with Crippen molar-refractivity contribution in [1.82, 2.24) is 0 Å². The Morgan fingerprint density at radius 3 is 1.77 bits per heavy atom. The molecule has 3 aromatic rings. The summed E-state index contributed by atoms with van der Waals surface area (Å²) in [5.41, 5.74) is 3.63. The van der Waals surface area contributed by atoms with Gasteiger partial charge in [-0.1, -0.05) is 36.4 Å². The van der Waals surface area contributed by atoms with E-state index in [0.29, 0.717) is 0 Å². The summed E-state index contributed by atoms with van der Waals surface area (Å²) < 4.78 is 37.7. The molecule has 0 spiro atoms. The van der Waals surface area contributed by atoms with Crippen molar-refractivity contribution in [3.05, 3.63) is 82.9 Å². The second-order valence-electron chi connectivity index (χ2n) is 5.42. The predicted molar refractivity (Wildman–Crippen MR) is 82.4 cm³/mol. The van der Waals surface area contributed by atoms with Crippen LogP contribution in [-0.2, 0) is 6.18 Å². The Kier molecular flexibility index (Phi) is 2.67. The van der Waals surface area contributed by atoms with E-state index in [-0.39, 0.29) is 0 Å². The van der Waals surface area contributed by atoms with E-state index >= 15 is 0 Å². The third kappa shape index (κ3) is 2.19. The van der Waals surface area contributed by atoms with Crippen LogP contribution in [0, 0.1) is 0 Å². The van der Waals surface area contributed by atoms with Gasteiger partial charge in [-0.25, -0.2) is 0 Å². The van der Waals surface area contributed by atoms with E-state index in [0.717, 1.165) is 23.3 Å². The predicted octanol–water partition coefficient (Wildman–Crippen LogP) is 5.76. The van der Waals surface area contributed by atoms with Crippen LogP contribution in [0.25, 0.3) is 22.4 Å². The lowest BCUT2D eigenvalue weighted by Crippen LogP contribution is -2.03. The van der Waals surface area contributed by atoms with Gasteiger partial charge in [-0.15, -0.1) is 0 Å². The van der Waals surface area contributed by atoms with Crippen LogP contribution in [0.2, 0.25) is 0 Å². The molecule has 0 saturated carbocycles. The second-order valence-corrected chi connectivity index (χ2v) is 5.42. The SMILES string of the molecule is FC(F)(F)c1ccc(C=C2c3cc4ccccc4cc32)cc1. The van der Waals surface area contributed by atoms with Crippen molar-refractivity contribution in [2.45, 2.75) is 6.18 Å². The van der Waals surface area contributed by atoms with E-state index in [2.05, 4.69) is 24.3 Å². The molecule has 4 rings (SSSR count). The van der Waals surface area contributed by atoms with E-state index in [1.807, 2.05) is 18.2 Å². The van der Waals surface area contributed by atoms with Crippen molar-refractivity contribution in [3.63, 3.8) is 0 Å². The van der Waals surface area contributed by atoms with Crippen molar-refractivity contribution >= 4 is 22.4 Å². The lowest BCUT2D eigenvalue weighted by molar-refractivity contribution is -0.137. The van der Waals surface area contributed by atoms with Crippen molar-refractivity contribution in [3.8, 4) is 0 Å². The van der Waals surface area contributed by atoms with Crippen LogP contribution in [0.4, 0.5) is 13.2 Å².